The molecule has 0 aliphatic rings. The van der Waals surface area contributed by atoms with Crippen LogP contribution in [0.1, 0.15) is 49.7 Å². The van der Waals surface area contributed by atoms with E-state index in [0.717, 1.165) is 25.1 Å². The van der Waals surface area contributed by atoms with Crippen LogP contribution < -0.4 is 5.32 Å². The number of aromatic amines is 1. The lowest BCUT2D eigenvalue weighted by Gasteiger charge is -2.14. The SMILES string of the molecule is CCc1ccc(CCC(=O)NC(CC)c2ncc[nH]2)cc1. The highest BCUT2D eigenvalue weighted by Gasteiger charge is 2.14. The van der Waals surface area contributed by atoms with E-state index >= 15 is 0 Å². The molecule has 1 amide bonds. The average molecular weight is 285 g/mol. The van der Waals surface area contributed by atoms with Crippen LogP contribution in [0.3, 0.4) is 0 Å². The van der Waals surface area contributed by atoms with E-state index in [1.165, 1.54) is 11.1 Å². The number of carbonyl (C=O) groups excluding carboxylic acids is 1. The lowest BCUT2D eigenvalue weighted by atomic mass is 10.1. The number of rotatable bonds is 7. The summed E-state index contributed by atoms with van der Waals surface area (Å²) in [5, 5.41) is 3.03. The van der Waals surface area contributed by atoms with Gasteiger partial charge in [0.15, 0.2) is 0 Å². The Balaban J connectivity index is 1.83. The van der Waals surface area contributed by atoms with Crippen molar-refractivity contribution in [1.29, 1.82) is 0 Å². The normalized spacial score (nSPS) is 12.1. The molecule has 1 aromatic heterocycles. The van der Waals surface area contributed by atoms with Crippen LogP contribution in [0.15, 0.2) is 36.7 Å². The molecule has 0 aliphatic carbocycles. The summed E-state index contributed by atoms with van der Waals surface area (Å²) in [4.78, 5) is 19.3. The zero-order chi connectivity index (χ0) is 15.1. The number of nitrogens with one attached hydrogen (secondary N) is 2. The molecule has 2 rings (SSSR count). The van der Waals surface area contributed by atoms with Crippen molar-refractivity contribution in [2.24, 2.45) is 0 Å². The van der Waals surface area contributed by atoms with Crippen molar-refractivity contribution < 1.29 is 4.79 Å². The van der Waals surface area contributed by atoms with Gasteiger partial charge in [-0.3, -0.25) is 4.79 Å². The van der Waals surface area contributed by atoms with Gasteiger partial charge in [0.1, 0.15) is 5.82 Å². The minimum atomic E-state index is -0.0324. The van der Waals surface area contributed by atoms with Crippen molar-refractivity contribution in [3.8, 4) is 0 Å². The van der Waals surface area contributed by atoms with Gasteiger partial charge in [0.05, 0.1) is 6.04 Å². The van der Waals surface area contributed by atoms with Gasteiger partial charge < -0.3 is 10.3 Å². The van der Waals surface area contributed by atoms with Gasteiger partial charge in [0.2, 0.25) is 5.91 Å². The number of carbonyl (C=O) groups is 1. The zero-order valence-corrected chi connectivity index (χ0v) is 12.7. The van der Waals surface area contributed by atoms with Crippen LogP contribution in [0.25, 0.3) is 0 Å². The Bertz CT molecular complexity index is 546. The highest BCUT2D eigenvalue weighted by Crippen LogP contribution is 2.12. The van der Waals surface area contributed by atoms with E-state index in [2.05, 4.69) is 46.5 Å². The topological polar surface area (TPSA) is 57.8 Å². The van der Waals surface area contributed by atoms with E-state index < -0.39 is 0 Å². The van der Waals surface area contributed by atoms with Crippen LogP contribution in [0, 0.1) is 0 Å². The van der Waals surface area contributed by atoms with E-state index in [-0.39, 0.29) is 11.9 Å². The second-order valence-electron chi connectivity index (χ2n) is 5.17. The van der Waals surface area contributed by atoms with Crippen LogP contribution in [0.4, 0.5) is 0 Å². The fourth-order valence-electron chi connectivity index (χ4n) is 2.30. The second-order valence-corrected chi connectivity index (χ2v) is 5.17. The lowest BCUT2D eigenvalue weighted by molar-refractivity contribution is -0.121. The standard InChI is InChI=1S/C17H23N3O/c1-3-13-5-7-14(8-6-13)9-10-16(21)20-15(4-2)17-18-11-12-19-17/h5-8,11-12,15H,3-4,9-10H2,1-2H3,(H,18,19)(H,20,21). The molecule has 112 valence electrons. The molecular weight excluding hydrogens is 262 g/mol. The molecule has 21 heavy (non-hydrogen) atoms. The summed E-state index contributed by atoms with van der Waals surface area (Å²) in [7, 11) is 0. The molecule has 0 fully saturated rings. The number of hydrogen-bond acceptors (Lipinski definition) is 2. The molecule has 0 bridgehead atoms. The van der Waals surface area contributed by atoms with Gasteiger partial charge in [-0.05, 0) is 30.4 Å². The summed E-state index contributed by atoms with van der Waals surface area (Å²) >= 11 is 0. The van der Waals surface area contributed by atoms with Crippen LogP contribution >= 0.6 is 0 Å². The van der Waals surface area contributed by atoms with E-state index in [9.17, 15) is 4.79 Å². The van der Waals surface area contributed by atoms with Crippen molar-refractivity contribution >= 4 is 5.91 Å². The second kappa shape index (κ2) is 7.62. The van der Waals surface area contributed by atoms with Gasteiger partial charge in [-0.1, -0.05) is 38.1 Å². The molecule has 2 N–H and O–H groups in total. The molecule has 0 aliphatic heterocycles. The zero-order valence-electron chi connectivity index (χ0n) is 12.7. The number of amides is 1. The predicted octanol–water partition coefficient (Wildman–Crippen LogP) is 3.17. The molecule has 0 saturated carbocycles. The summed E-state index contributed by atoms with van der Waals surface area (Å²) in [5.41, 5.74) is 2.53. The van der Waals surface area contributed by atoms with Gasteiger partial charge in [-0.15, -0.1) is 0 Å². The van der Waals surface area contributed by atoms with E-state index in [4.69, 9.17) is 0 Å². The molecule has 1 heterocycles. The van der Waals surface area contributed by atoms with Crippen LogP contribution in [-0.4, -0.2) is 15.9 Å². The molecule has 0 radical (unpaired) electrons. The average Bonchev–Trinajstić information content (AvgIpc) is 3.05. The summed E-state index contributed by atoms with van der Waals surface area (Å²) in [6.07, 6.45) is 6.62. The monoisotopic (exact) mass is 285 g/mol. The Hall–Kier alpha value is -2.10. The fraction of sp³-hybridized carbons (Fsp3) is 0.412. The number of hydrogen-bond donors (Lipinski definition) is 2. The molecule has 0 spiro atoms. The number of aryl methyl sites for hydroxylation is 2. The summed E-state index contributed by atoms with van der Waals surface area (Å²) in [6, 6.07) is 8.44. The van der Waals surface area contributed by atoms with Gasteiger partial charge in [-0.2, -0.15) is 0 Å². The van der Waals surface area contributed by atoms with Gasteiger partial charge >= 0.3 is 0 Å². The van der Waals surface area contributed by atoms with E-state index in [0.29, 0.717) is 6.42 Å². The van der Waals surface area contributed by atoms with Crippen molar-refractivity contribution in [1.82, 2.24) is 15.3 Å². The Morgan fingerprint density at radius 3 is 2.52 bits per heavy atom. The first-order valence-corrected chi connectivity index (χ1v) is 7.59. The first kappa shape index (κ1) is 15.3. The van der Waals surface area contributed by atoms with Crippen molar-refractivity contribution in [2.75, 3.05) is 0 Å². The minimum Gasteiger partial charge on any atom is -0.347 e. The third-order valence-corrected chi connectivity index (χ3v) is 3.66. The minimum absolute atomic E-state index is 0.0324. The Morgan fingerprint density at radius 2 is 1.95 bits per heavy atom. The molecule has 0 saturated heterocycles. The highest BCUT2D eigenvalue weighted by molar-refractivity contribution is 5.76. The van der Waals surface area contributed by atoms with Crippen LogP contribution in [-0.2, 0) is 17.6 Å². The quantitative estimate of drug-likeness (QED) is 0.821. The first-order valence-electron chi connectivity index (χ1n) is 7.59. The third kappa shape index (κ3) is 4.45. The van der Waals surface area contributed by atoms with E-state index in [1.54, 1.807) is 12.4 Å². The predicted molar refractivity (Wildman–Crippen MR) is 83.9 cm³/mol. The number of benzene rings is 1. The number of imidazole rings is 1. The Morgan fingerprint density at radius 1 is 1.24 bits per heavy atom. The Kier molecular flexibility index (Phi) is 5.55. The summed E-state index contributed by atoms with van der Waals surface area (Å²) in [6.45, 7) is 4.18. The van der Waals surface area contributed by atoms with Crippen LogP contribution in [0.5, 0.6) is 0 Å². The molecule has 4 heteroatoms. The molecular formula is C17H23N3O. The summed E-state index contributed by atoms with van der Waals surface area (Å²) < 4.78 is 0. The Labute approximate surface area is 126 Å². The lowest BCUT2D eigenvalue weighted by Crippen LogP contribution is -2.29. The number of aromatic nitrogens is 2. The van der Waals surface area contributed by atoms with Crippen LogP contribution in [0.2, 0.25) is 0 Å². The van der Waals surface area contributed by atoms with Crippen molar-refractivity contribution in [3.63, 3.8) is 0 Å². The highest BCUT2D eigenvalue weighted by atomic mass is 16.1. The maximum Gasteiger partial charge on any atom is 0.220 e. The molecule has 4 nitrogen and oxygen atoms in total. The van der Waals surface area contributed by atoms with Crippen molar-refractivity contribution in [2.45, 2.75) is 45.6 Å². The number of H-pyrrole nitrogens is 1. The fourth-order valence-corrected chi connectivity index (χ4v) is 2.30. The number of nitrogens with zero attached hydrogens (tertiary/aromatic N) is 1. The summed E-state index contributed by atoms with van der Waals surface area (Å²) in [5.74, 6) is 0.885. The smallest absolute Gasteiger partial charge is 0.220 e. The third-order valence-electron chi connectivity index (χ3n) is 3.66. The van der Waals surface area contributed by atoms with Crippen molar-refractivity contribution in [3.05, 3.63) is 53.6 Å². The molecule has 1 unspecified atom stereocenters. The molecule has 1 atom stereocenters. The van der Waals surface area contributed by atoms with E-state index in [1.807, 2.05) is 6.92 Å². The maximum atomic E-state index is 12.1. The van der Waals surface area contributed by atoms with Gasteiger partial charge in [0, 0.05) is 18.8 Å². The molecule has 2 aromatic rings. The van der Waals surface area contributed by atoms with Gasteiger partial charge in [-0.25, -0.2) is 4.98 Å². The largest absolute Gasteiger partial charge is 0.347 e. The van der Waals surface area contributed by atoms with Gasteiger partial charge in [0.25, 0.3) is 0 Å². The molecule has 1 aromatic carbocycles. The maximum absolute atomic E-state index is 12.1. The first-order chi connectivity index (χ1) is 10.2.